The fraction of sp³-hybridized carbons (Fsp3) is 1.00. The lowest BCUT2D eigenvalue weighted by Crippen LogP contribution is -2.28. The van der Waals surface area contributed by atoms with Gasteiger partial charge in [0.25, 0.3) is 0 Å². The lowest BCUT2D eigenvalue weighted by molar-refractivity contribution is 0.0893. The SMILES string of the molecule is COCCCOCCN(C)CCN. The van der Waals surface area contributed by atoms with E-state index in [0.29, 0.717) is 6.54 Å². The summed E-state index contributed by atoms with van der Waals surface area (Å²) in [4.78, 5) is 2.16. The van der Waals surface area contributed by atoms with Crippen LogP contribution in [-0.2, 0) is 9.47 Å². The normalized spacial score (nSPS) is 11.1. The number of nitrogens with zero attached hydrogens (tertiary/aromatic N) is 1. The molecule has 0 heterocycles. The molecule has 0 rings (SSSR count). The van der Waals surface area contributed by atoms with Crippen LogP contribution >= 0.6 is 0 Å². The van der Waals surface area contributed by atoms with Crippen molar-refractivity contribution in [3.8, 4) is 0 Å². The third-order valence-corrected chi connectivity index (χ3v) is 1.77. The van der Waals surface area contributed by atoms with E-state index in [1.807, 2.05) is 7.05 Å². The molecule has 0 aromatic carbocycles. The first-order chi connectivity index (χ1) is 6.31. The van der Waals surface area contributed by atoms with Gasteiger partial charge in [0.1, 0.15) is 0 Å². The Labute approximate surface area is 81.0 Å². The Morgan fingerprint density at radius 3 is 2.54 bits per heavy atom. The van der Waals surface area contributed by atoms with E-state index in [2.05, 4.69) is 4.90 Å². The quantitative estimate of drug-likeness (QED) is 0.517. The van der Waals surface area contributed by atoms with E-state index in [4.69, 9.17) is 15.2 Å². The van der Waals surface area contributed by atoms with Crippen molar-refractivity contribution >= 4 is 0 Å². The molecule has 0 aliphatic carbocycles. The highest BCUT2D eigenvalue weighted by Crippen LogP contribution is 1.85. The Kier molecular flexibility index (Phi) is 9.80. The molecule has 0 bridgehead atoms. The summed E-state index contributed by atoms with van der Waals surface area (Å²) in [6.45, 7) is 4.93. The Hall–Kier alpha value is -0.160. The van der Waals surface area contributed by atoms with Crippen LogP contribution in [-0.4, -0.2) is 58.5 Å². The van der Waals surface area contributed by atoms with Gasteiger partial charge in [-0.15, -0.1) is 0 Å². The van der Waals surface area contributed by atoms with E-state index in [9.17, 15) is 0 Å². The molecule has 0 aliphatic heterocycles. The fourth-order valence-electron chi connectivity index (χ4n) is 0.960. The molecule has 0 aliphatic rings. The van der Waals surface area contributed by atoms with Crippen LogP contribution in [0.1, 0.15) is 6.42 Å². The molecular weight excluding hydrogens is 168 g/mol. The van der Waals surface area contributed by atoms with Crippen LogP contribution in [0, 0.1) is 0 Å². The van der Waals surface area contributed by atoms with Crippen molar-refractivity contribution in [2.24, 2.45) is 5.73 Å². The molecule has 0 unspecified atom stereocenters. The lowest BCUT2D eigenvalue weighted by Gasteiger charge is -2.14. The number of hydrogen-bond donors (Lipinski definition) is 1. The zero-order chi connectivity index (χ0) is 9.94. The van der Waals surface area contributed by atoms with Gasteiger partial charge in [-0.1, -0.05) is 0 Å². The standard InChI is InChI=1S/C9H22N2O2/c1-11(5-4-10)6-9-13-8-3-7-12-2/h3-10H2,1-2H3. The zero-order valence-electron chi connectivity index (χ0n) is 8.79. The zero-order valence-corrected chi connectivity index (χ0v) is 8.79. The minimum absolute atomic E-state index is 0.709. The van der Waals surface area contributed by atoms with Gasteiger partial charge in [-0.25, -0.2) is 0 Å². The predicted octanol–water partition coefficient (Wildman–Crippen LogP) is -0.0700. The minimum Gasteiger partial charge on any atom is -0.385 e. The number of methoxy groups -OCH3 is 1. The maximum absolute atomic E-state index is 5.40. The van der Waals surface area contributed by atoms with Gasteiger partial charge in [-0.2, -0.15) is 0 Å². The van der Waals surface area contributed by atoms with E-state index >= 15 is 0 Å². The molecule has 0 aromatic heterocycles. The fourth-order valence-corrected chi connectivity index (χ4v) is 0.960. The summed E-state index contributed by atoms with van der Waals surface area (Å²) in [6.07, 6.45) is 0.969. The van der Waals surface area contributed by atoms with Crippen LogP contribution < -0.4 is 5.73 Å². The molecule has 0 fully saturated rings. The van der Waals surface area contributed by atoms with Crippen LogP contribution in [0.3, 0.4) is 0 Å². The predicted molar refractivity (Wildman–Crippen MR) is 53.9 cm³/mol. The summed E-state index contributed by atoms with van der Waals surface area (Å²) >= 11 is 0. The maximum atomic E-state index is 5.40. The summed E-state index contributed by atoms with van der Waals surface area (Å²) in [5.74, 6) is 0. The molecule has 2 N–H and O–H groups in total. The lowest BCUT2D eigenvalue weighted by atomic mass is 10.5. The number of hydrogen-bond acceptors (Lipinski definition) is 4. The van der Waals surface area contributed by atoms with Crippen LogP contribution in [0.5, 0.6) is 0 Å². The van der Waals surface area contributed by atoms with Gasteiger partial charge in [-0.05, 0) is 13.5 Å². The summed E-state index contributed by atoms with van der Waals surface area (Å²) in [6, 6.07) is 0. The van der Waals surface area contributed by atoms with Gasteiger partial charge in [0, 0.05) is 40.0 Å². The second kappa shape index (κ2) is 9.92. The third-order valence-electron chi connectivity index (χ3n) is 1.77. The number of ether oxygens (including phenoxy) is 2. The van der Waals surface area contributed by atoms with E-state index in [1.54, 1.807) is 7.11 Å². The minimum atomic E-state index is 0.709. The second-order valence-corrected chi connectivity index (χ2v) is 3.05. The van der Waals surface area contributed by atoms with E-state index < -0.39 is 0 Å². The Bertz CT molecular complexity index is 102. The molecule has 0 radical (unpaired) electrons. The molecule has 13 heavy (non-hydrogen) atoms. The van der Waals surface area contributed by atoms with Crippen molar-refractivity contribution in [2.75, 3.05) is 53.6 Å². The smallest absolute Gasteiger partial charge is 0.0593 e. The van der Waals surface area contributed by atoms with Crippen molar-refractivity contribution in [2.45, 2.75) is 6.42 Å². The van der Waals surface area contributed by atoms with Crippen molar-refractivity contribution in [1.82, 2.24) is 4.90 Å². The van der Waals surface area contributed by atoms with Crippen LogP contribution in [0.25, 0.3) is 0 Å². The Balaban J connectivity index is 2.97. The molecular formula is C9H22N2O2. The van der Waals surface area contributed by atoms with E-state index in [-0.39, 0.29) is 0 Å². The molecule has 0 aromatic rings. The Morgan fingerprint density at radius 2 is 1.92 bits per heavy atom. The summed E-state index contributed by atoms with van der Waals surface area (Å²) < 4.78 is 10.3. The first kappa shape index (κ1) is 12.8. The van der Waals surface area contributed by atoms with Gasteiger partial charge < -0.3 is 20.1 Å². The average Bonchev–Trinajstić information content (AvgIpc) is 2.11. The van der Waals surface area contributed by atoms with Gasteiger partial charge in [0.05, 0.1) is 6.61 Å². The average molecular weight is 190 g/mol. The monoisotopic (exact) mass is 190 g/mol. The van der Waals surface area contributed by atoms with Crippen molar-refractivity contribution in [3.05, 3.63) is 0 Å². The van der Waals surface area contributed by atoms with Crippen molar-refractivity contribution in [3.63, 3.8) is 0 Å². The molecule has 0 spiro atoms. The van der Waals surface area contributed by atoms with E-state index in [1.165, 1.54) is 0 Å². The highest BCUT2D eigenvalue weighted by atomic mass is 16.5. The number of likely N-dealkylation sites (N-methyl/N-ethyl adjacent to an activating group) is 1. The number of rotatable bonds is 9. The van der Waals surface area contributed by atoms with Crippen LogP contribution in [0.15, 0.2) is 0 Å². The van der Waals surface area contributed by atoms with Crippen LogP contribution in [0.2, 0.25) is 0 Å². The molecule has 80 valence electrons. The maximum Gasteiger partial charge on any atom is 0.0593 e. The van der Waals surface area contributed by atoms with Gasteiger partial charge in [-0.3, -0.25) is 0 Å². The summed E-state index contributed by atoms with van der Waals surface area (Å²) in [5, 5.41) is 0. The molecule has 0 saturated carbocycles. The van der Waals surface area contributed by atoms with Gasteiger partial charge in [0.15, 0.2) is 0 Å². The van der Waals surface area contributed by atoms with Crippen LogP contribution in [0.4, 0.5) is 0 Å². The number of nitrogens with two attached hydrogens (primary N) is 1. The van der Waals surface area contributed by atoms with Crippen molar-refractivity contribution < 1.29 is 9.47 Å². The first-order valence-corrected chi connectivity index (χ1v) is 4.76. The van der Waals surface area contributed by atoms with Crippen molar-refractivity contribution in [1.29, 1.82) is 0 Å². The van der Waals surface area contributed by atoms with E-state index in [0.717, 1.165) is 39.3 Å². The third kappa shape index (κ3) is 9.76. The van der Waals surface area contributed by atoms with Gasteiger partial charge >= 0.3 is 0 Å². The molecule has 4 heteroatoms. The molecule has 4 nitrogen and oxygen atoms in total. The second-order valence-electron chi connectivity index (χ2n) is 3.05. The molecule has 0 amide bonds. The highest BCUT2D eigenvalue weighted by Gasteiger charge is 1.95. The van der Waals surface area contributed by atoms with Gasteiger partial charge in [0.2, 0.25) is 0 Å². The largest absolute Gasteiger partial charge is 0.385 e. The topological polar surface area (TPSA) is 47.7 Å². The first-order valence-electron chi connectivity index (χ1n) is 4.76. The summed E-state index contributed by atoms with van der Waals surface area (Å²) in [5.41, 5.74) is 5.40. The molecule has 0 saturated heterocycles. The summed E-state index contributed by atoms with van der Waals surface area (Å²) in [7, 11) is 3.75. The molecule has 0 atom stereocenters. The highest BCUT2D eigenvalue weighted by molar-refractivity contribution is 4.49. The Morgan fingerprint density at radius 1 is 1.15 bits per heavy atom.